The van der Waals surface area contributed by atoms with Crippen molar-refractivity contribution in [3.8, 4) is 0 Å². The van der Waals surface area contributed by atoms with Gasteiger partial charge in [0.2, 0.25) is 0 Å². The minimum absolute atomic E-state index is 0.232. The third kappa shape index (κ3) is 4.03. The van der Waals surface area contributed by atoms with Crippen LogP contribution in [0.4, 0.5) is 0 Å². The van der Waals surface area contributed by atoms with Crippen molar-refractivity contribution in [1.29, 1.82) is 0 Å². The molecular weight excluding hydrogens is 234 g/mol. The van der Waals surface area contributed by atoms with Crippen molar-refractivity contribution >= 4 is 0 Å². The van der Waals surface area contributed by atoms with Gasteiger partial charge < -0.3 is 10.6 Å². The molecule has 3 heteroatoms. The first-order valence-corrected chi connectivity index (χ1v) is 7.24. The first-order valence-electron chi connectivity index (χ1n) is 7.24. The third-order valence-electron chi connectivity index (χ3n) is 4.15. The standard InChI is InChI=1S/C16H27N3/c1-13-10-19(12-16(13)18(2)3)11-15(17)9-14-7-5-4-6-8-14/h4-8,13,15-16H,9-12,17H2,1-3H3. The van der Waals surface area contributed by atoms with Gasteiger partial charge in [-0.05, 0) is 32.0 Å². The highest BCUT2D eigenvalue weighted by Crippen LogP contribution is 2.20. The second-order valence-corrected chi connectivity index (χ2v) is 6.18. The van der Waals surface area contributed by atoms with Crippen LogP contribution in [-0.4, -0.2) is 55.6 Å². The van der Waals surface area contributed by atoms with Crippen molar-refractivity contribution in [3.63, 3.8) is 0 Å². The lowest BCUT2D eigenvalue weighted by Crippen LogP contribution is -2.39. The zero-order valence-electron chi connectivity index (χ0n) is 12.4. The fourth-order valence-electron chi connectivity index (χ4n) is 3.18. The first kappa shape index (κ1) is 14.5. The maximum Gasteiger partial charge on any atom is 0.0254 e. The number of nitrogens with two attached hydrogens (primary N) is 1. The van der Waals surface area contributed by atoms with Crippen LogP contribution >= 0.6 is 0 Å². The molecule has 0 spiro atoms. The highest BCUT2D eigenvalue weighted by atomic mass is 15.2. The summed E-state index contributed by atoms with van der Waals surface area (Å²) in [7, 11) is 4.35. The minimum atomic E-state index is 0.232. The summed E-state index contributed by atoms with van der Waals surface area (Å²) in [6.45, 7) is 5.67. The third-order valence-corrected chi connectivity index (χ3v) is 4.15. The normalized spacial score (nSPS) is 25.9. The van der Waals surface area contributed by atoms with E-state index in [0.29, 0.717) is 6.04 Å². The quantitative estimate of drug-likeness (QED) is 0.870. The molecule has 1 aromatic rings. The monoisotopic (exact) mass is 261 g/mol. The Morgan fingerprint density at radius 2 is 1.95 bits per heavy atom. The van der Waals surface area contributed by atoms with Crippen molar-refractivity contribution in [1.82, 2.24) is 9.80 Å². The predicted octanol–water partition coefficient (Wildman–Crippen LogP) is 1.44. The maximum absolute atomic E-state index is 6.30. The Balaban J connectivity index is 1.82. The summed E-state index contributed by atoms with van der Waals surface area (Å²) in [4.78, 5) is 4.86. The van der Waals surface area contributed by atoms with Gasteiger partial charge in [-0.15, -0.1) is 0 Å². The van der Waals surface area contributed by atoms with E-state index in [0.717, 1.165) is 25.4 Å². The largest absolute Gasteiger partial charge is 0.326 e. The van der Waals surface area contributed by atoms with Gasteiger partial charge in [0.25, 0.3) is 0 Å². The lowest BCUT2D eigenvalue weighted by atomic mass is 10.1. The van der Waals surface area contributed by atoms with Crippen LogP contribution in [0.2, 0.25) is 0 Å². The van der Waals surface area contributed by atoms with Crippen LogP contribution in [0, 0.1) is 5.92 Å². The van der Waals surface area contributed by atoms with Crippen molar-refractivity contribution in [3.05, 3.63) is 35.9 Å². The summed E-state index contributed by atoms with van der Waals surface area (Å²) in [6.07, 6.45) is 0.971. The number of nitrogens with zero attached hydrogens (tertiary/aromatic N) is 2. The summed E-state index contributed by atoms with van der Waals surface area (Å²) in [5, 5.41) is 0. The Kier molecular flexibility index (Phi) is 4.97. The fraction of sp³-hybridized carbons (Fsp3) is 0.625. The average molecular weight is 261 g/mol. The molecule has 3 unspecified atom stereocenters. The number of hydrogen-bond donors (Lipinski definition) is 1. The van der Waals surface area contributed by atoms with Crippen LogP contribution in [-0.2, 0) is 6.42 Å². The van der Waals surface area contributed by atoms with E-state index in [1.165, 1.54) is 12.1 Å². The molecule has 1 fully saturated rings. The van der Waals surface area contributed by atoms with Crippen molar-refractivity contribution < 1.29 is 0 Å². The van der Waals surface area contributed by atoms with Gasteiger partial charge in [-0.1, -0.05) is 37.3 Å². The second-order valence-electron chi connectivity index (χ2n) is 6.18. The van der Waals surface area contributed by atoms with Gasteiger partial charge in [0.05, 0.1) is 0 Å². The van der Waals surface area contributed by atoms with Crippen molar-refractivity contribution in [2.45, 2.75) is 25.4 Å². The van der Waals surface area contributed by atoms with Gasteiger partial charge in [0.15, 0.2) is 0 Å². The smallest absolute Gasteiger partial charge is 0.0254 e. The highest BCUT2D eigenvalue weighted by molar-refractivity contribution is 5.15. The molecule has 1 saturated heterocycles. The van der Waals surface area contributed by atoms with E-state index >= 15 is 0 Å². The molecule has 0 saturated carbocycles. The Morgan fingerprint density at radius 3 is 2.53 bits per heavy atom. The molecule has 2 N–H and O–H groups in total. The van der Waals surface area contributed by atoms with Crippen molar-refractivity contribution in [2.24, 2.45) is 11.7 Å². The fourth-order valence-corrected chi connectivity index (χ4v) is 3.18. The summed E-state index contributed by atoms with van der Waals surface area (Å²) >= 11 is 0. The maximum atomic E-state index is 6.30. The van der Waals surface area contributed by atoms with E-state index in [1.807, 2.05) is 0 Å². The van der Waals surface area contributed by atoms with E-state index in [2.05, 4.69) is 61.2 Å². The van der Waals surface area contributed by atoms with Gasteiger partial charge in [-0.25, -0.2) is 0 Å². The molecule has 0 radical (unpaired) electrons. The molecule has 1 aliphatic heterocycles. The van der Waals surface area contributed by atoms with Gasteiger partial charge in [0.1, 0.15) is 0 Å². The van der Waals surface area contributed by atoms with Crippen molar-refractivity contribution in [2.75, 3.05) is 33.7 Å². The van der Waals surface area contributed by atoms with Gasteiger partial charge in [0, 0.05) is 31.7 Å². The van der Waals surface area contributed by atoms with E-state index in [1.54, 1.807) is 0 Å². The Hall–Kier alpha value is -0.900. The molecule has 106 valence electrons. The molecule has 2 rings (SSSR count). The number of likely N-dealkylation sites (N-methyl/N-ethyl adjacent to an activating group) is 1. The molecule has 0 bridgehead atoms. The summed E-state index contributed by atoms with van der Waals surface area (Å²) in [5.74, 6) is 0.735. The van der Waals surface area contributed by atoms with Crippen LogP contribution in [0.25, 0.3) is 0 Å². The average Bonchev–Trinajstić information content (AvgIpc) is 2.71. The molecule has 0 aliphatic carbocycles. The van der Waals surface area contributed by atoms with Gasteiger partial charge in [-0.3, -0.25) is 4.90 Å². The van der Waals surface area contributed by atoms with Crippen LogP contribution in [0.1, 0.15) is 12.5 Å². The molecule has 1 aromatic carbocycles. The Morgan fingerprint density at radius 1 is 1.26 bits per heavy atom. The van der Waals surface area contributed by atoms with Crippen LogP contribution in [0.15, 0.2) is 30.3 Å². The molecule has 3 nitrogen and oxygen atoms in total. The van der Waals surface area contributed by atoms with Crippen LogP contribution < -0.4 is 5.73 Å². The summed E-state index contributed by atoms with van der Waals surface area (Å²) in [6, 6.07) is 11.5. The molecule has 19 heavy (non-hydrogen) atoms. The SMILES string of the molecule is CC1CN(CC(N)Cc2ccccc2)CC1N(C)C. The predicted molar refractivity (Wildman–Crippen MR) is 81.2 cm³/mol. The van der Waals surface area contributed by atoms with Gasteiger partial charge >= 0.3 is 0 Å². The van der Waals surface area contributed by atoms with Crippen LogP contribution in [0.3, 0.4) is 0 Å². The molecule has 1 aliphatic rings. The van der Waals surface area contributed by atoms with Crippen LogP contribution in [0.5, 0.6) is 0 Å². The molecule has 0 amide bonds. The van der Waals surface area contributed by atoms with E-state index < -0.39 is 0 Å². The minimum Gasteiger partial charge on any atom is -0.326 e. The molecule has 0 aromatic heterocycles. The number of benzene rings is 1. The first-order chi connectivity index (χ1) is 9.06. The zero-order chi connectivity index (χ0) is 13.8. The van der Waals surface area contributed by atoms with Gasteiger partial charge in [-0.2, -0.15) is 0 Å². The Bertz CT molecular complexity index is 377. The number of likely N-dealkylation sites (tertiary alicyclic amines) is 1. The van der Waals surface area contributed by atoms with E-state index in [9.17, 15) is 0 Å². The topological polar surface area (TPSA) is 32.5 Å². The lowest BCUT2D eigenvalue weighted by molar-refractivity contribution is 0.248. The zero-order valence-corrected chi connectivity index (χ0v) is 12.4. The molecule has 1 heterocycles. The number of rotatable bonds is 5. The second kappa shape index (κ2) is 6.51. The van der Waals surface area contributed by atoms with E-state index in [-0.39, 0.29) is 6.04 Å². The molecular formula is C16H27N3. The summed E-state index contributed by atoms with van der Waals surface area (Å²) < 4.78 is 0. The molecule has 3 atom stereocenters. The number of hydrogen-bond acceptors (Lipinski definition) is 3. The summed E-state index contributed by atoms with van der Waals surface area (Å²) in [5.41, 5.74) is 7.64. The van der Waals surface area contributed by atoms with E-state index in [4.69, 9.17) is 5.73 Å². The lowest BCUT2D eigenvalue weighted by Gasteiger charge is -2.23. The highest BCUT2D eigenvalue weighted by Gasteiger charge is 2.31. The Labute approximate surface area is 117 Å².